The number of ether oxygens (including phenoxy) is 2. The number of amides is 1. The molecule has 4 rings (SSSR count). The summed E-state index contributed by atoms with van der Waals surface area (Å²) in [4.78, 5) is 27.8. The number of hydrogen-bond donors (Lipinski definition) is 1. The van der Waals surface area contributed by atoms with Gasteiger partial charge in [0, 0.05) is 57.6 Å². The summed E-state index contributed by atoms with van der Waals surface area (Å²) in [6.45, 7) is 3.85. The molecule has 3 aromatic rings. The van der Waals surface area contributed by atoms with Crippen molar-refractivity contribution in [3.8, 4) is 17.4 Å². The second-order valence-corrected chi connectivity index (χ2v) is 7.33. The van der Waals surface area contributed by atoms with E-state index in [0.29, 0.717) is 35.5 Å². The number of rotatable bonds is 6. The fourth-order valence-corrected chi connectivity index (χ4v) is 3.25. The fourth-order valence-electron chi connectivity index (χ4n) is 3.14. The Bertz CT molecular complexity index is 940. The molecule has 0 unspecified atom stereocenters. The molecule has 1 saturated heterocycles. The van der Waals surface area contributed by atoms with Gasteiger partial charge in [0.15, 0.2) is 0 Å². The largest absolute Gasteiger partial charge is 0.439 e. The summed E-state index contributed by atoms with van der Waals surface area (Å²) >= 11 is 5.82. The van der Waals surface area contributed by atoms with Gasteiger partial charge in [-0.1, -0.05) is 11.6 Å². The van der Waals surface area contributed by atoms with E-state index >= 15 is 0 Å². The number of halogens is 1. The fraction of sp³-hybridized carbons (Fsp3) is 0.286. The number of benzene rings is 1. The van der Waals surface area contributed by atoms with E-state index in [1.54, 1.807) is 47.6 Å². The second-order valence-electron chi connectivity index (χ2n) is 6.90. The summed E-state index contributed by atoms with van der Waals surface area (Å²) in [6, 6.07) is 10.2. The first-order valence-corrected chi connectivity index (χ1v) is 10.1. The molecule has 1 fully saturated rings. The van der Waals surface area contributed by atoms with Crippen molar-refractivity contribution >= 4 is 17.7 Å². The third-order valence-electron chi connectivity index (χ3n) is 4.82. The first-order valence-electron chi connectivity index (χ1n) is 9.72. The maximum atomic E-state index is 12.4. The zero-order valence-electron chi connectivity index (χ0n) is 16.3. The maximum Gasteiger partial charge on any atom is 0.415 e. The quantitative estimate of drug-likeness (QED) is 0.647. The van der Waals surface area contributed by atoms with E-state index in [9.17, 15) is 4.79 Å². The van der Waals surface area contributed by atoms with Crippen LogP contribution in [-0.4, -0.2) is 63.6 Å². The van der Waals surface area contributed by atoms with Crippen LogP contribution in [0.2, 0.25) is 5.02 Å². The highest BCUT2D eigenvalue weighted by molar-refractivity contribution is 6.30. The van der Waals surface area contributed by atoms with Crippen LogP contribution in [0, 0.1) is 0 Å². The highest BCUT2D eigenvalue weighted by Gasteiger charge is 2.22. The molecule has 9 heteroatoms. The van der Waals surface area contributed by atoms with Crippen LogP contribution in [0.15, 0.2) is 55.1 Å². The van der Waals surface area contributed by atoms with Crippen LogP contribution in [0.25, 0.3) is 0 Å². The molecule has 1 aliphatic rings. The number of carbonyl (C=O) groups is 1. The number of hydrogen-bond acceptors (Lipinski definition) is 6. The third-order valence-corrected chi connectivity index (χ3v) is 5.04. The van der Waals surface area contributed by atoms with Crippen LogP contribution in [0.5, 0.6) is 17.4 Å². The number of carbonyl (C=O) groups excluding carboxylic acids is 1. The summed E-state index contributed by atoms with van der Waals surface area (Å²) in [5, 5.41) is 0.545. The minimum atomic E-state index is -0.338. The molecule has 0 saturated carbocycles. The molecule has 0 bridgehead atoms. The summed E-state index contributed by atoms with van der Waals surface area (Å²) in [5.41, 5.74) is 1.05. The molecule has 156 valence electrons. The molecule has 1 aliphatic heterocycles. The topological polar surface area (TPSA) is 83.6 Å². The first kappa shape index (κ1) is 20.2. The van der Waals surface area contributed by atoms with Gasteiger partial charge in [-0.25, -0.2) is 14.8 Å². The van der Waals surface area contributed by atoms with Crippen LogP contribution in [0.4, 0.5) is 4.79 Å². The molecule has 0 radical (unpaired) electrons. The Morgan fingerprint density at radius 1 is 1.03 bits per heavy atom. The number of imidazole rings is 1. The number of piperazine rings is 1. The van der Waals surface area contributed by atoms with E-state index in [2.05, 4.69) is 19.9 Å². The van der Waals surface area contributed by atoms with E-state index in [1.165, 1.54) is 6.20 Å². The SMILES string of the molecule is O=C(Oc1ccc(Oc2ccc(Cl)cn2)cc1)N1CCN(CCc2c[nH]cn2)CC1. The van der Waals surface area contributed by atoms with Crippen LogP contribution in [-0.2, 0) is 6.42 Å². The van der Waals surface area contributed by atoms with Crippen LogP contribution >= 0.6 is 11.6 Å². The summed E-state index contributed by atoms with van der Waals surface area (Å²) in [7, 11) is 0. The molecule has 1 N–H and O–H groups in total. The molecule has 2 aromatic heterocycles. The van der Waals surface area contributed by atoms with Crippen molar-refractivity contribution < 1.29 is 14.3 Å². The monoisotopic (exact) mass is 427 g/mol. The van der Waals surface area contributed by atoms with Crippen molar-refractivity contribution in [1.82, 2.24) is 24.8 Å². The minimum absolute atomic E-state index is 0.338. The molecular weight excluding hydrogens is 406 g/mol. The Kier molecular flexibility index (Phi) is 6.46. The van der Waals surface area contributed by atoms with Gasteiger partial charge in [0.1, 0.15) is 11.5 Å². The highest BCUT2D eigenvalue weighted by atomic mass is 35.5. The van der Waals surface area contributed by atoms with E-state index < -0.39 is 0 Å². The number of nitrogens with zero attached hydrogens (tertiary/aromatic N) is 4. The zero-order chi connectivity index (χ0) is 20.8. The zero-order valence-corrected chi connectivity index (χ0v) is 17.1. The molecule has 1 amide bonds. The molecule has 3 heterocycles. The van der Waals surface area contributed by atoms with Crippen molar-refractivity contribution in [1.29, 1.82) is 0 Å². The van der Waals surface area contributed by atoms with E-state index in [4.69, 9.17) is 21.1 Å². The van der Waals surface area contributed by atoms with Gasteiger partial charge in [0.2, 0.25) is 5.88 Å². The van der Waals surface area contributed by atoms with Crippen LogP contribution < -0.4 is 9.47 Å². The minimum Gasteiger partial charge on any atom is -0.439 e. The molecule has 30 heavy (non-hydrogen) atoms. The molecule has 0 spiro atoms. The lowest BCUT2D eigenvalue weighted by Gasteiger charge is -2.33. The van der Waals surface area contributed by atoms with E-state index in [-0.39, 0.29) is 6.09 Å². The standard InChI is InChI=1S/C21H22ClN5O3/c22-16-1-6-20(24-13-16)29-18-2-4-19(5-3-18)30-21(28)27-11-9-26(10-12-27)8-7-17-14-23-15-25-17/h1-6,13-15H,7-12H2,(H,23,25). The molecule has 0 aliphatic carbocycles. The predicted molar refractivity (Wildman–Crippen MR) is 112 cm³/mol. The van der Waals surface area contributed by atoms with Gasteiger partial charge < -0.3 is 19.4 Å². The smallest absolute Gasteiger partial charge is 0.415 e. The highest BCUT2D eigenvalue weighted by Crippen LogP contribution is 2.23. The van der Waals surface area contributed by atoms with Gasteiger partial charge >= 0.3 is 6.09 Å². The number of aromatic nitrogens is 3. The molecule has 8 nitrogen and oxygen atoms in total. The molecular formula is C21H22ClN5O3. The van der Waals surface area contributed by atoms with Gasteiger partial charge in [-0.3, -0.25) is 4.90 Å². The average molecular weight is 428 g/mol. The summed E-state index contributed by atoms with van der Waals surface area (Å²) < 4.78 is 11.1. The van der Waals surface area contributed by atoms with Gasteiger partial charge in [-0.2, -0.15) is 0 Å². The van der Waals surface area contributed by atoms with Crippen molar-refractivity contribution in [2.24, 2.45) is 0 Å². The lowest BCUT2D eigenvalue weighted by atomic mass is 10.2. The van der Waals surface area contributed by atoms with Gasteiger partial charge in [-0.15, -0.1) is 0 Å². The maximum absolute atomic E-state index is 12.4. The van der Waals surface area contributed by atoms with E-state index in [0.717, 1.165) is 31.7 Å². The Hall–Kier alpha value is -3.10. The average Bonchev–Trinajstić information content (AvgIpc) is 3.29. The lowest BCUT2D eigenvalue weighted by molar-refractivity contribution is 0.111. The van der Waals surface area contributed by atoms with Crippen molar-refractivity contribution in [3.05, 3.63) is 65.8 Å². The third kappa shape index (κ3) is 5.49. The van der Waals surface area contributed by atoms with Crippen LogP contribution in [0.1, 0.15) is 5.69 Å². The van der Waals surface area contributed by atoms with Crippen molar-refractivity contribution in [2.45, 2.75) is 6.42 Å². The summed E-state index contributed by atoms with van der Waals surface area (Å²) in [5.74, 6) is 1.50. The Balaban J connectivity index is 1.22. The number of nitrogens with one attached hydrogen (secondary N) is 1. The first-order chi connectivity index (χ1) is 14.7. The van der Waals surface area contributed by atoms with Gasteiger partial charge in [0.25, 0.3) is 0 Å². The predicted octanol–water partition coefficient (Wildman–Crippen LogP) is 3.61. The second kappa shape index (κ2) is 9.60. The number of aromatic amines is 1. The molecule has 1 aromatic carbocycles. The van der Waals surface area contributed by atoms with E-state index in [1.807, 2.05) is 6.20 Å². The molecule has 0 atom stereocenters. The van der Waals surface area contributed by atoms with Crippen molar-refractivity contribution in [2.75, 3.05) is 32.7 Å². The Morgan fingerprint density at radius 2 is 1.80 bits per heavy atom. The normalized spacial score (nSPS) is 14.5. The lowest BCUT2D eigenvalue weighted by Crippen LogP contribution is -2.49. The van der Waals surface area contributed by atoms with Crippen LogP contribution in [0.3, 0.4) is 0 Å². The van der Waals surface area contributed by atoms with Gasteiger partial charge in [-0.05, 0) is 30.3 Å². The Labute approximate surface area is 179 Å². The van der Waals surface area contributed by atoms with Gasteiger partial charge in [0.05, 0.1) is 17.0 Å². The number of pyridine rings is 1. The number of H-pyrrole nitrogens is 1. The van der Waals surface area contributed by atoms with Crippen molar-refractivity contribution in [3.63, 3.8) is 0 Å². The summed E-state index contributed by atoms with van der Waals surface area (Å²) in [6.07, 6.45) is 5.68. The Morgan fingerprint density at radius 3 is 2.47 bits per heavy atom.